The minimum Gasteiger partial charge on any atom is -0.481 e. The highest BCUT2D eigenvalue weighted by Crippen LogP contribution is 2.34. The first-order valence-corrected chi connectivity index (χ1v) is 7.49. The minimum atomic E-state index is -0.743. The molecule has 0 aromatic rings. The summed E-state index contributed by atoms with van der Waals surface area (Å²) in [4.78, 5) is 13.5. The van der Waals surface area contributed by atoms with Gasteiger partial charge in [-0.3, -0.25) is 4.79 Å². The van der Waals surface area contributed by atoms with Gasteiger partial charge in [0.1, 0.15) is 0 Å². The van der Waals surface area contributed by atoms with E-state index >= 15 is 0 Å². The summed E-state index contributed by atoms with van der Waals surface area (Å²) >= 11 is 0. The fourth-order valence-corrected chi connectivity index (χ4v) is 2.64. The van der Waals surface area contributed by atoms with E-state index in [1.54, 1.807) is 13.8 Å². The molecule has 0 bridgehead atoms. The summed E-state index contributed by atoms with van der Waals surface area (Å²) in [5, 5.41) is 19.3. The number of carboxylic acid groups (broad SMARTS) is 1. The summed E-state index contributed by atoms with van der Waals surface area (Å²) in [6.45, 7) is 10.0. The van der Waals surface area contributed by atoms with E-state index in [0.717, 1.165) is 25.9 Å². The molecular formula is C15H29NO4. The van der Waals surface area contributed by atoms with E-state index in [0.29, 0.717) is 13.2 Å². The summed E-state index contributed by atoms with van der Waals surface area (Å²) in [5.41, 5.74) is -0.710. The summed E-state index contributed by atoms with van der Waals surface area (Å²) < 4.78 is 5.41. The molecule has 0 spiro atoms. The van der Waals surface area contributed by atoms with Crippen molar-refractivity contribution in [3.8, 4) is 0 Å². The number of nitrogens with zero attached hydrogens (tertiary/aromatic N) is 1. The lowest BCUT2D eigenvalue weighted by Crippen LogP contribution is -2.47. The van der Waals surface area contributed by atoms with Gasteiger partial charge < -0.3 is 19.8 Å². The fourth-order valence-electron chi connectivity index (χ4n) is 2.64. The Balaban J connectivity index is 2.47. The lowest BCUT2D eigenvalue weighted by molar-refractivity contribution is -0.151. The number of hydrogen-bond acceptors (Lipinski definition) is 4. The molecule has 1 aliphatic rings. The van der Waals surface area contributed by atoms with Crippen LogP contribution < -0.4 is 0 Å². The van der Waals surface area contributed by atoms with E-state index in [9.17, 15) is 15.0 Å². The average molecular weight is 287 g/mol. The van der Waals surface area contributed by atoms with Crippen LogP contribution in [-0.2, 0) is 9.53 Å². The third-order valence-corrected chi connectivity index (χ3v) is 4.17. The van der Waals surface area contributed by atoms with Gasteiger partial charge in [-0.15, -0.1) is 0 Å². The van der Waals surface area contributed by atoms with Crippen LogP contribution in [0.4, 0.5) is 0 Å². The standard InChI is InChI=1S/C15H29NO4/c1-11(2)20-10-13(17)9-16-7-5-6-12(8-16)15(3,4)14(18)19/h11-13,17H,5-10H2,1-4H3,(H,18,19). The molecule has 0 saturated carbocycles. The van der Waals surface area contributed by atoms with Crippen LogP contribution in [0.5, 0.6) is 0 Å². The van der Waals surface area contributed by atoms with Crippen molar-refractivity contribution in [3.05, 3.63) is 0 Å². The fraction of sp³-hybridized carbons (Fsp3) is 0.933. The van der Waals surface area contributed by atoms with E-state index in [4.69, 9.17) is 4.74 Å². The monoisotopic (exact) mass is 287 g/mol. The second-order valence-electron chi connectivity index (χ2n) is 6.66. The minimum absolute atomic E-state index is 0.115. The zero-order valence-electron chi connectivity index (χ0n) is 13.1. The number of hydrogen-bond donors (Lipinski definition) is 2. The molecule has 1 aliphatic heterocycles. The SMILES string of the molecule is CC(C)OCC(O)CN1CCCC(C(C)(C)C(=O)O)C1. The third kappa shape index (κ3) is 5.04. The topological polar surface area (TPSA) is 70.0 Å². The van der Waals surface area contributed by atoms with Crippen molar-refractivity contribution in [2.75, 3.05) is 26.2 Å². The number of rotatable bonds is 7. The van der Waals surface area contributed by atoms with Gasteiger partial charge in [-0.25, -0.2) is 0 Å². The Morgan fingerprint density at radius 3 is 2.65 bits per heavy atom. The van der Waals surface area contributed by atoms with Gasteiger partial charge in [-0.05, 0) is 53.0 Å². The van der Waals surface area contributed by atoms with Gasteiger partial charge in [0, 0.05) is 13.1 Å². The first-order chi connectivity index (χ1) is 9.23. The van der Waals surface area contributed by atoms with Crippen LogP contribution in [0.2, 0.25) is 0 Å². The molecular weight excluding hydrogens is 258 g/mol. The molecule has 2 atom stereocenters. The predicted molar refractivity (Wildman–Crippen MR) is 77.7 cm³/mol. The Morgan fingerprint density at radius 2 is 2.10 bits per heavy atom. The molecule has 5 nitrogen and oxygen atoms in total. The molecule has 2 N–H and O–H groups in total. The Labute approximate surface area is 121 Å². The third-order valence-electron chi connectivity index (χ3n) is 4.17. The van der Waals surface area contributed by atoms with Crippen molar-refractivity contribution in [2.24, 2.45) is 11.3 Å². The van der Waals surface area contributed by atoms with Crippen LogP contribution in [0.25, 0.3) is 0 Å². The van der Waals surface area contributed by atoms with Gasteiger partial charge in [0.05, 0.1) is 24.2 Å². The van der Waals surface area contributed by atoms with Crippen molar-refractivity contribution in [2.45, 2.75) is 52.7 Å². The van der Waals surface area contributed by atoms with Crippen molar-refractivity contribution >= 4 is 5.97 Å². The van der Waals surface area contributed by atoms with E-state index in [1.165, 1.54) is 0 Å². The van der Waals surface area contributed by atoms with Gasteiger partial charge in [0.25, 0.3) is 0 Å². The molecule has 1 heterocycles. The number of piperidine rings is 1. The maximum absolute atomic E-state index is 11.3. The van der Waals surface area contributed by atoms with Crippen LogP contribution in [0, 0.1) is 11.3 Å². The number of aliphatic hydroxyl groups is 1. The lowest BCUT2D eigenvalue weighted by Gasteiger charge is -2.39. The maximum Gasteiger partial charge on any atom is 0.309 e. The summed E-state index contributed by atoms with van der Waals surface area (Å²) in [6, 6.07) is 0. The number of aliphatic hydroxyl groups excluding tert-OH is 1. The molecule has 2 unspecified atom stereocenters. The summed E-state index contributed by atoms with van der Waals surface area (Å²) in [5.74, 6) is -0.611. The Hall–Kier alpha value is -0.650. The van der Waals surface area contributed by atoms with Gasteiger partial charge in [-0.2, -0.15) is 0 Å². The largest absolute Gasteiger partial charge is 0.481 e. The van der Waals surface area contributed by atoms with Gasteiger partial charge in [0.15, 0.2) is 0 Å². The maximum atomic E-state index is 11.3. The molecule has 0 amide bonds. The first kappa shape index (κ1) is 17.4. The van der Waals surface area contributed by atoms with Crippen molar-refractivity contribution in [3.63, 3.8) is 0 Å². The average Bonchev–Trinajstić information content (AvgIpc) is 2.36. The van der Waals surface area contributed by atoms with Crippen LogP contribution in [0.3, 0.4) is 0 Å². The van der Waals surface area contributed by atoms with Crippen molar-refractivity contribution < 1.29 is 19.7 Å². The zero-order valence-corrected chi connectivity index (χ0v) is 13.1. The number of carboxylic acids is 1. The lowest BCUT2D eigenvalue weighted by atomic mass is 9.74. The molecule has 0 radical (unpaired) electrons. The van der Waals surface area contributed by atoms with Gasteiger partial charge in [0.2, 0.25) is 0 Å². The molecule has 20 heavy (non-hydrogen) atoms. The first-order valence-electron chi connectivity index (χ1n) is 7.49. The zero-order chi connectivity index (χ0) is 15.3. The van der Waals surface area contributed by atoms with Gasteiger partial charge >= 0.3 is 5.97 Å². The highest BCUT2D eigenvalue weighted by molar-refractivity contribution is 5.74. The normalized spacial score (nSPS) is 23.0. The second-order valence-corrected chi connectivity index (χ2v) is 6.66. The van der Waals surface area contributed by atoms with Gasteiger partial charge in [-0.1, -0.05) is 0 Å². The summed E-state index contributed by atoms with van der Waals surface area (Å²) in [7, 11) is 0. The highest BCUT2D eigenvalue weighted by atomic mass is 16.5. The van der Waals surface area contributed by atoms with Crippen molar-refractivity contribution in [1.82, 2.24) is 4.90 Å². The number of ether oxygens (including phenoxy) is 1. The molecule has 0 aromatic carbocycles. The molecule has 118 valence electrons. The van der Waals surface area contributed by atoms with Crippen LogP contribution >= 0.6 is 0 Å². The van der Waals surface area contributed by atoms with Crippen LogP contribution in [-0.4, -0.2) is 59.5 Å². The van der Waals surface area contributed by atoms with Crippen LogP contribution in [0.15, 0.2) is 0 Å². The van der Waals surface area contributed by atoms with Crippen LogP contribution in [0.1, 0.15) is 40.5 Å². The molecule has 0 aromatic heterocycles. The molecule has 0 aliphatic carbocycles. The number of aliphatic carboxylic acids is 1. The van der Waals surface area contributed by atoms with Crippen molar-refractivity contribution in [1.29, 1.82) is 0 Å². The molecule has 1 rings (SSSR count). The second kappa shape index (κ2) is 7.38. The van der Waals surface area contributed by atoms with E-state index in [2.05, 4.69) is 4.90 Å². The Morgan fingerprint density at radius 1 is 1.45 bits per heavy atom. The Kier molecular flexibility index (Phi) is 6.43. The van der Waals surface area contributed by atoms with E-state index in [1.807, 2.05) is 13.8 Å². The number of β-amino-alcohol motifs (C(OH)–C–C–N with tert-alkyl or cyclic N) is 1. The Bertz CT molecular complexity index is 317. The smallest absolute Gasteiger partial charge is 0.309 e. The van der Waals surface area contributed by atoms with E-state index < -0.39 is 17.5 Å². The predicted octanol–water partition coefficient (Wildman–Crippen LogP) is 1.60. The van der Waals surface area contributed by atoms with E-state index in [-0.39, 0.29) is 12.0 Å². The summed E-state index contributed by atoms with van der Waals surface area (Å²) in [6.07, 6.45) is 1.53. The highest BCUT2D eigenvalue weighted by Gasteiger charge is 2.39. The molecule has 5 heteroatoms. The number of carbonyl (C=O) groups is 1. The molecule has 1 fully saturated rings. The molecule has 1 saturated heterocycles. The number of likely N-dealkylation sites (tertiary alicyclic amines) is 1. The quantitative estimate of drug-likeness (QED) is 0.744.